The van der Waals surface area contributed by atoms with E-state index in [1.54, 1.807) is 4.90 Å². The van der Waals surface area contributed by atoms with Gasteiger partial charge in [-0.25, -0.2) is 0 Å². The lowest BCUT2D eigenvalue weighted by Crippen LogP contribution is -2.56. The van der Waals surface area contributed by atoms with Crippen LogP contribution in [0.4, 0.5) is 5.69 Å². The maximum absolute atomic E-state index is 12.2. The molecule has 1 N–H and O–H groups in total. The summed E-state index contributed by atoms with van der Waals surface area (Å²) in [4.78, 5) is 13.9. The average Bonchev–Trinajstić information content (AvgIpc) is 2.77. The smallest absolute Gasteiger partial charge is 0.255 e. The number of fused-ring (bicyclic) bond motifs is 2. The number of hydrogen-bond donors (Lipinski definition) is 1. The van der Waals surface area contributed by atoms with Crippen molar-refractivity contribution in [2.45, 2.75) is 11.8 Å². The Morgan fingerprint density at radius 3 is 3.05 bits per heavy atom. The van der Waals surface area contributed by atoms with Crippen molar-refractivity contribution in [3.8, 4) is 0 Å². The van der Waals surface area contributed by atoms with Crippen molar-refractivity contribution in [3.05, 3.63) is 54.1 Å². The number of aliphatic hydroxyl groups excluding tert-OH is 1. The van der Waals surface area contributed by atoms with E-state index in [2.05, 4.69) is 0 Å². The van der Waals surface area contributed by atoms with Gasteiger partial charge in [0, 0.05) is 5.56 Å². The molecular formula is C15H13NO3. The van der Waals surface area contributed by atoms with Crippen LogP contribution in [0.5, 0.6) is 0 Å². The minimum Gasteiger partial charge on any atom is -0.388 e. The van der Waals surface area contributed by atoms with Crippen molar-refractivity contribution < 1.29 is 14.6 Å². The zero-order valence-electron chi connectivity index (χ0n) is 10.2. The maximum Gasteiger partial charge on any atom is 0.255 e. The summed E-state index contributed by atoms with van der Waals surface area (Å²) in [5, 5.41) is 10.6. The topological polar surface area (TPSA) is 49.8 Å². The Hall–Kier alpha value is -1.91. The first-order valence-electron chi connectivity index (χ1n) is 6.34. The first-order chi connectivity index (χ1) is 9.24. The lowest BCUT2D eigenvalue weighted by molar-refractivity contribution is -0.117. The van der Waals surface area contributed by atoms with Gasteiger partial charge in [0.05, 0.1) is 17.7 Å². The highest BCUT2D eigenvalue weighted by molar-refractivity contribution is 5.99. The molecule has 0 saturated carbocycles. The predicted molar refractivity (Wildman–Crippen MR) is 69.3 cm³/mol. The largest absolute Gasteiger partial charge is 0.388 e. The quantitative estimate of drug-likeness (QED) is 0.765. The van der Waals surface area contributed by atoms with E-state index in [9.17, 15) is 9.90 Å². The molecule has 1 aromatic rings. The molecule has 3 aliphatic rings. The molecule has 4 nitrogen and oxygen atoms in total. The molecule has 2 aliphatic heterocycles. The molecular weight excluding hydrogens is 242 g/mol. The molecule has 1 saturated heterocycles. The number of nitrogens with zero attached hydrogens (tertiary/aromatic N) is 1. The lowest BCUT2D eigenvalue weighted by Gasteiger charge is -2.47. The highest BCUT2D eigenvalue weighted by atomic mass is 16.5. The van der Waals surface area contributed by atoms with Gasteiger partial charge >= 0.3 is 0 Å². The van der Waals surface area contributed by atoms with Gasteiger partial charge in [-0.05, 0) is 12.1 Å². The number of benzene rings is 1. The normalized spacial score (nSPS) is 35.0. The summed E-state index contributed by atoms with van der Waals surface area (Å²) < 4.78 is 5.77. The van der Waals surface area contributed by atoms with Crippen LogP contribution in [-0.2, 0) is 9.53 Å². The Labute approximate surface area is 110 Å². The van der Waals surface area contributed by atoms with Gasteiger partial charge in [-0.2, -0.15) is 0 Å². The number of anilines is 1. The van der Waals surface area contributed by atoms with Crippen molar-refractivity contribution in [1.82, 2.24) is 0 Å². The van der Waals surface area contributed by atoms with E-state index in [-0.39, 0.29) is 18.4 Å². The van der Waals surface area contributed by atoms with Crippen LogP contribution in [0.1, 0.15) is 11.7 Å². The van der Waals surface area contributed by atoms with Crippen LogP contribution in [0.15, 0.2) is 48.6 Å². The molecule has 1 amide bonds. The third-order valence-electron chi connectivity index (χ3n) is 4.10. The first kappa shape index (κ1) is 11.0. The minimum atomic E-state index is -0.862. The second-order valence-corrected chi connectivity index (χ2v) is 5.04. The Morgan fingerprint density at radius 1 is 1.32 bits per heavy atom. The Kier molecular flexibility index (Phi) is 2.05. The molecule has 3 atom stereocenters. The molecule has 1 aromatic carbocycles. The van der Waals surface area contributed by atoms with E-state index < -0.39 is 11.8 Å². The van der Waals surface area contributed by atoms with Crippen molar-refractivity contribution in [2.24, 2.45) is 5.92 Å². The van der Waals surface area contributed by atoms with Crippen LogP contribution < -0.4 is 4.90 Å². The zero-order valence-corrected chi connectivity index (χ0v) is 10.2. The number of amides is 1. The summed E-state index contributed by atoms with van der Waals surface area (Å²) in [6.07, 6.45) is 6.85. The molecule has 1 aliphatic carbocycles. The van der Waals surface area contributed by atoms with E-state index >= 15 is 0 Å². The van der Waals surface area contributed by atoms with Crippen LogP contribution in [0.25, 0.3) is 0 Å². The van der Waals surface area contributed by atoms with E-state index in [1.807, 2.05) is 48.6 Å². The number of hydrogen-bond acceptors (Lipinski definition) is 3. The van der Waals surface area contributed by atoms with Crippen LogP contribution in [0.3, 0.4) is 0 Å². The second kappa shape index (κ2) is 3.56. The fourth-order valence-corrected chi connectivity index (χ4v) is 3.28. The number of para-hydroxylation sites is 1. The van der Waals surface area contributed by atoms with Crippen LogP contribution in [-0.4, -0.2) is 23.3 Å². The van der Waals surface area contributed by atoms with Gasteiger partial charge in [-0.15, -0.1) is 0 Å². The fourth-order valence-electron chi connectivity index (χ4n) is 3.28. The molecule has 0 aromatic heterocycles. The Balaban J connectivity index is 2.00. The molecule has 96 valence electrons. The average molecular weight is 255 g/mol. The maximum atomic E-state index is 12.2. The molecule has 19 heavy (non-hydrogen) atoms. The Morgan fingerprint density at radius 2 is 2.16 bits per heavy atom. The van der Waals surface area contributed by atoms with E-state index in [1.165, 1.54) is 0 Å². The summed E-state index contributed by atoms with van der Waals surface area (Å²) in [5.41, 5.74) is 0.662. The molecule has 0 bridgehead atoms. The lowest BCUT2D eigenvalue weighted by atomic mass is 9.78. The third-order valence-corrected chi connectivity index (χ3v) is 4.10. The number of aliphatic hydroxyl groups is 1. The van der Waals surface area contributed by atoms with Gasteiger partial charge in [-0.3, -0.25) is 9.69 Å². The molecule has 2 heterocycles. The van der Waals surface area contributed by atoms with Gasteiger partial charge in [-0.1, -0.05) is 36.4 Å². The fraction of sp³-hybridized carbons (Fsp3) is 0.267. The van der Waals surface area contributed by atoms with Crippen molar-refractivity contribution in [3.63, 3.8) is 0 Å². The van der Waals surface area contributed by atoms with Gasteiger partial charge in [0.2, 0.25) is 0 Å². The summed E-state index contributed by atoms with van der Waals surface area (Å²) >= 11 is 0. The molecule has 0 unspecified atom stereocenters. The van der Waals surface area contributed by atoms with E-state index in [0.29, 0.717) is 0 Å². The van der Waals surface area contributed by atoms with Gasteiger partial charge < -0.3 is 9.84 Å². The Bertz CT molecular complexity index is 622. The number of rotatable bonds is 0. The number of allylic oxidation sites excluding steroid dienone is 2. The highest BCUT2D eigenvalue weighted by Crippen LogP contribution is 2.51. The van der Waals surface area contributed by atoms with E-state index in [4.69, 9.17) is 4.74 Å². The molecule has 1 spiro atoms. The van der Waals surface area contributed by atoms with Crippen molar-refractivity contribution in [2.75, 3.05) is 11.5 Å². The zero-order chi connectivity index (χ0) is 13.0. The predicted octanol–water partition coefficient (Wildman–Crippen LogP) is 1.54. The van der Waals surface area contributed by atoms with Crippen molar-refractivity contribution in [1.29, 1.82) is 0 Å². The summed E-state index contributed by atoms with van der Waals surface area (Å²) in [6, 6.07) is 7.46. The minimum absolute atomic E-state index is 0.0513. The van der Waals surface area contributed by atoms with Gasteiger partial charge in [0.15, 0.2) is 5.72 Å². The number of carbonyl (C=O) groups excluding carboxylic acids is 1. The molecule has 1 fully saturated rings. The van der Waals surface area contributed by atoms with Crippen molar-refractivity contribution >= 4 is 11.6 Å². The standard InChI is InChI=1S/C15H13NO3/c17-13-9-19-15-8-4-3-6-11(15)14(18)10-5-1-2-7-12(10)16(13)15/h1-8,11,14,18H,9H2/t11-,14-,15+/m0/s1. The van der Waals surface area contributed by atoms with Crippen LogP contribution in [0, 0.1) is 5.92 Å². The summed E-state index contributed by atoms with van der Waals surface area (Å²) in [5.74, 6) is -0.330. The van der Waals surface area contributed by atoms with Gasteiger partial charge in [0.1, 0.15) is 6.61 Å². The second-order valence-electron chi connectivity index (χ2n) is 5.04. The third kappa shape index (κ3) is 1.22. The monoisotopic (exact) mass is 255 g/mol. The number of carbonyl (C=O) groups is 1. The molecule has 4 heteroatoms. The summed E-state index contributed by atoms with van der Waals surface area (Å²) in [6.45, 7) is 0.0513. The molecule has 4 rings (SSSR count). The summed E-state index contributed by atoms with van der Waals surface area (Å²) in [7, 11) is 0. The first-order valence-corrected chi connectivity index (χ1v) is 6.34. The van der Waals surface area contributed by atoms with Crippen LogP contribution in [0.2, 0.25) is 0 Å². The van der Waals surface area contributed by atoms with E-state index in [0.717, 1.165) is 11.3 Å². The highest BCUT2D eigenvalue weighted by Gasteiger charge is 2.57. The SMILES string of the molecule is O=C1CO[C@]23C=CC=C[C@H]2[C@@H](O)c2ccccc2N13. The van der Waals surface area contributed by atoms with Crippen LogP contribution >= 0.6 is 0 Å². The molecule has 0 radical (unpaired) electrons. The van der Waals surface area contributed by atoms with Gasteiger partial charge in [0.25, 0.3) is 5.91 Å². The number of ether oxygens (including phenoxy) is 1.